The number of likely N-dealkylation sites (tertiary alicyclic amines) is 1. The van der Waals surface area contributed by atoms with Crippen LogP contribution >= 0.6 is 0 Å². The average molecular weight is 372 g/mol. The molecule has 1 atom stereocenters. The smallest absolute Gasteiger partial charge is 0.247 e. The van der Waals surface area contributed by atoms with Crippen molar-refractivity contribution in [3.63, 3.8) is 0 Å². The summed E-state index contributed by atoms with van der Waals surface area (Å²) in [6.45, 7) is 7.11. The summed E-state index contributed by atoms with van der Waals surface area (Å²) in [4.78, 5) is 26.8. The number of rotatable bonds is 6. The molecule has 2 amide bonds. The van der Waals surface area contributed by atoms with Crippen LogP contribution in [0.15, 0.2) is 24.3 Å². The largest absolute Gasteiger partial charge is 0.344 e. The Morgan fingerprint density at radius 1 is 1.07 bits per heavy atom. The number of nitrogens with zero attached hydrogens (tertiary/aromatic N) is 1. The van der Waals surface area contributed by atoms with Gasteiger partial charge in [-0.3, -0.25) is 14.5 Å². The second-order valence-corrected chi connectivity index (χ2v) is 8.37. The molecule has 2 N–H and O–H groups in total. The number of carbonyl (C=O) groups is 2. The molecule has 0 spiro atoms. The van der Waals surface area contributed by atoms with Crippen LogP contribution in [0.1, 0.15) is 57.9 Å². The SMILES string of the molecule is CC(=O)NC(C(=O)Nc1ccc(CN2CCC(C)CC2)cc1)C1CCCC1. The summed E-state index contributed by atoms with van der Waals surface area (Å²) in [5.41, 5.74) is 2.07. The van der Waals surface area contributed by atoms with Crippen molar-refractivity contribution in [2.24, 2.45) is 11.8 Å². The van der Waals surface area contributed by atoms with Crippen molar-refractivity contribution in [3.05, 3.63) is 29.8 Å². The Morgan fingerprint density at radius 2 is 1.70 bits per heavy atom. The van der Waals surface area contributed by atoms with E-state index < -0.39 is 6.04 Å². The average Bonchev–Trinajstić information content (AvgIpc) is 3.17. The van der Waals surface area contributed by atoms with E-state index in [1.54, 1.807) is 0 Å². The van der Waals surface area contributed by atoms with Gasteiger partial charge in [0, 0.05) is 19.2 Å². The number of nitrogens with one attached hydrogen (secondary N) is 2. The van der Waals surface area contributed by atoms with Crippen molar-refractivity contribution in [2.75, 3.05) is 18.4 Å². The lowest BCUT2D eigenvalue weighted by Gasteiger charge is -2.30. The quantitative estimate of drug-likeness (QED) is 0.804. The molecule has 1 heterocycles. The van der Waals surface area contributed by atoms with Crippen LogP contribution in [0.2, 0.25) is 0 Å². The maximum atomic E-state index is 12.7. The van der Waals surface area contributed by atoms with Gasteiger partial charge in [-0.05, 0) is 68.3 Å². The maximum Gasteiger partial charge on any atom is 0.247 e. The van der Waals surface area contributed by atoms with Gasteiger partial charge in [0.25, 0.3) is 0 Å². The summed E-state index contributed by atoms with van der Waals surface area (Å²) in [6.07, 6.45) is 6.84. The van der Waals surface area contributed by atoms with Crippen LogP contribution in [-0.4, -0.2) is 35.8 Å². The highest BCUT2D eigenvalue weighted by atomic mass is 16.2. The number of hydrogen-bond acceptors (Lipinski definition) is 3. The fourth-order valence-corrected chi connectivity index (χ4v) is 4.30. The van der Waals surface area contributed by atoms with Crippen molar-refractivity contribution in [3.8, 4) is 0 Å². The van der Waals surface area contributed by atoms with Gasteiger partial charge in [0.1, 0.15) is 6.04 Å². The Balaban J connectivity index is 1.56. The Hall–Kier alpha value is -1.88. The summed E-state index contributed by atoms with van der Waals surface area (Å²) in [6, 6.07) is 7.70. The van der Waals surface area contributed by atoms with Crippen molar-refractivity contribution < 1.29 is 9.59 Å². The van der Waals surface area contributed by atoms with E-state index in [0.29, 0.717) is 0 Å². The molecule has 2 aliphatic rings. The molecule has 0 bridgehead atoms. The lowest BCUT2D eigenvalue weighted by molar-refractivity contribution is -0.126. The van der Waals surface area contributed by atoms with E-state index in [1.165, 1.54) is 38.4 Å². The molecule has 1 saturated carbocycles. The highest BCUT2D eigenvalue weighted by molar-refractivity contribution is 5.97. The highest BCUT2D eigenvalue weighted by Crippen LogP contribution is 2.28. The van der Waals surface area contributed by atoms with Crippen LogP contribution < -0.4 is 10.6 Å². The summed E-state index contributed by atoms with van der Waals surface area (Å²) < 4.78 is 0. The standard InChI is InChI=1S/C22H33N3O2/c1-16-11-13-25(14-12-16)15-18-7-9-20(10-8-18)24-22(27)21(23-17(2)26)19-5-3-4-6-19/h7-10,16,19,21H,3-6,11-15H2,1-2H3,(H,23,26)(H,24,27). The van der Waals surface area contributed by atoms with Gasteiger partial charge < -0.3 is 10.6 Å². The number of amides is 2. The molecule has 1 unspecified atom stereocenters. The first-order valence-electron chi connectivity index (χ1n) is 10.4. The summed E-state index contributed by atoms with van der Waals surface area (Å²) >= 11 is 0. The monoisotopic (exact) mass is 371 g/mol. The Bertz CT molecular complexity index is 629. The molecular formula is C22H33N3O2. The highest BCUT2D eigenvalue weighted by Gasteiger charge is 2.31. The third-order valence-corrected chi connectivity index (χ3v) is 6.02. The molecule has 1 aromatic carbocycles. The molecular weight excluding hydrogens is 338 g/mol. The third kappa shape index (κ3) is 5.80. The fraction of sp³-hybridized carbons (Fsp3) is 0.636. The Kier molecular flexibility index (Phi) is 6.89. The number of carbonyl (C=O) groups excluding carboxylic acids is 2. The minimum atomic E-state index is -0.431. The van der Waals surface area contributed by atoms with Crippen molar-refractivity contribution in [1.82, 2.24) is 10.2 Å². The van der Waals surface area contributed by atoms with Gasteiger partial charge in [0.2, 0.25) is 11.8 Å². The van der Waals surface area contributed by atoms with E-state index in [-0.39, 0.29) is 17.7 Å². The molecule has 27 heavy (non-hydrogen) atoms. The number of anilines is 1. The van der Waals surface area contributed by atoms with E-state index in [1.807, 2.05) is 12.1 Å². The van der Waals surface area contributed by atoms with Crippen LogP contribution in [-0.2, 0) is 16.1 Å². The molecule has 2 fully saturated rings. The van der Waals surface area contributed by atoms with Crippen LogP contribution in [0.3, 0.4) is 0 Å². The molecule has 1 aliphatic carbocycles. The molecule has 3 rings (SSSR count). The van der Waals surface area contributed by atoms with Crippen LogP contribution in [0.25, 0.3) is 0 Å². The first-order chi connectivity index (χ1) is 13.0. The summed E-state index contributed by atoms with van der Waals surface area (Å²) in [5.74, 6) is 0.841. The van der Waals surface area contributed by atoms with Crippen LogP contribution in [0.4, 0.5) is 5.69 Å². The van der Waals surface area contributed by atoms with E-state index in [2.05, 4.69) is 34.6 Å². The summed E-state index contributed by atoms with van der Waals surface area (Å²) in [7, 11) is 0. The number of hydrogen-bond donors (Lipinski definition) is 2. The number of benzene rings is 1. The van der Waals surface area contributed by atoms with Gasteiger partial charge in [-0.15, -0.1) is 0 Å². The minimum Gasteiger partial charge on any atom is -0.344 e. The van der Waals surface area contributed by atoms with Gasteiger partial charge in [-0.25, -0.2) is 0 Å². The van der Waals surface area contributed by atoms with Gasteiger partial charge in [-0.2, -0.15) is 0 Å². The van der Waals surface area contributed by atoms with Crippen LogP contribution in [0, 0.1) is 11.8 Å². The lowest BCUT2D eigenvalue weighted by atomic mass is 9.97. The molecule has 0 aromatic heterocycles. The third-order valence-electron chi connectivity index (χ3n) is 6.02. The predicted octanol–water partition coefficient (Wildman–Crippen LogP) is 3.55. The topological polar surface area (TPSA) is 61.4 Å². The molecule has 1 aromatic rings. The van der Waals surface area contributed by atoms with E-state index in [4.69, 9.17) is 0 Å². The van der Waals surface area contributed by atoms with Gasteiger partial charge in [0.05, 0.1) is 0 Å². The molecule has 1 saturated heterocycles. The zero-order valence-electron chi connectivity index (χ0n) is 16.7. The zero-order valence-corrected chi connectivity index (χ0v) is 16.7. The van der Waals surface area contributed by atoms with Crippen molar-refractivity contribution >= 4 is 17.5 Å². The van der Waals surface area contributed by atoms with E-state index >= 15 is 0 Å². The maximum absolute atomic E-state index is 12.7. The zero-order chi connectivity index (χ0) is 19.2. The van der Waals surface area contributed by atoms with Crippen LogP contribution in [0.5, 0.6) is 0 Å². The van der Waals surface area contributed by atoms with E-state index in [9.17, 15) is 9.59 Å². The number of piperidine rings is 1. The Morgan fingerprint density at radius 3 is 2.30 bits per heavy atom. The first kappa shape index (κ1) is 19.9. The molecule has 5 nitrogen and oxygen atoms in total. The molecule has 148 valence electrons. The Labute approximate surface area is 162 Å². The van der Waals surface area contributed by atoms with Gasteiger partial charge in [-0.1, -0.05) is 31.9 Å². The van der Waals surface area contributed by atoms with Crippen molar-refractivity contribution in [2.45, 2.75) is 65.0 Å². The minimum absolute atomic E-state index is 0.102. The normalized spacial score (nSPS) is 20.4. The second kappa shape index (κ2) is 9.36. The van der Waals surface area contributed by atoms with Gasteiger partial charge >= 0.3 is 0 Å². The summed E-state index contributed by atoms with van der Waals surface area (Å²) in [5, 5.41) is 5.85. The van der Waals surface area contributed by atoms with E-state index in [0.717, 1.165) is 43.8 Å². The second-order valence-electron chi connectivity index (χ2n) is 8.37. The first-order valence-corrected chi connectivity index (χ1v) is 10.4. The fourth-order valence-electron chi connectivity index (χ4n) is 4.30. The predicted molar refractivity (Wildman–Crippen MR) is 108 cm³/mol. The van der Waals surface area contributed by atoms with Gasteiger partial charge in [0.15, 0.2) is 0 Å². The van der Waals surface area contributed by atoms with Crippen molar-refractivity contribution in [1.29, 1.82) is 0 Å². The molecule has 5 heteroatoms. The molecule has 1 aliphatic heterocycles. The lowest BCUT2D eigenvalue weighted by Crippen LogP contribution is -2.47. The molecule has 0 radical (unpaired) electrons.